The highest BCUT2D eigenvalue weighted by Crippen LogP contribution is 2.20. The van der Waals surface area contributed by atoms with Crippen molar-refractivity contribution in [2.75, 3.05) is 46.2 Å². The Morgan fingerprint density at radius 3 is 1.41 bits per heavy atom. The van der Waals surface area contributed by atoms with Crippen molar-refractivity contribution in [1.82, 2.24) is 0 Å². The first-order valence-corrected chi connectivity index (χ1v) is 15.0. The molecule has 29 heavy (non-hydrogen) atoms. The van der Waals surface area contributed by atoms with Crippen LogP contribution in [0.15, 0.2) is 4.99 Å². The molecule has 0 aliphatic rings. The molecule has 0 unspecified atom stereocenters. The monoisotopic (exact) mass is 451 g/mol. The van der Waals surface area contributed by atoms with Gasteiger partial charge in [0.15, 0.2) is 0 Å². The van der Waals surface area contributed by atoms with Crippen molar-refractivity contribution in [3.05, 3.63) is 0 Å². The topological polar surface area (TPSA) is 67.7 Å². The molecule has 0 aromatic carbocycles. The maximum atomic E-state index is 5.91. The lowest BCUT2D eigenvalue weighted by Gasteiger charge is -2.28. The Morgan fingerprint density at radius 2 is 1.00 bits per heavy atom. The zero-order chi connectivity index (χ0) is 22.0. The average molecular weight is 452 g/mol. The summed E-state index contributed by atoms with van der Waals surface area (Å²) in [6.45, 7) is 18.2. The molecule has 0 amide bonds. The van der Waals surface area contributed by atoms with Crippen LogP contribution < -0.4 is 0 Å². The van der Waals surface area contributed by atoms with Crippen molar-refractivity contribution in [2.24, 2.45) is 4.99 Å². The average Bonchev–Trinajstić information content (AvgIpc) is 2.68. The Hall–Kier alpha value is -0.136. The van der Waals surface area contributed by atoms with Gasteiger partial charge in [-0.25, -0.2) is 0 Å². The minimum Gasteiger partial charge on any atom is -0.374 e. The summed E-state index contributed by atoms with van der Waals surface area (Å²) >= 11 is 0. The molecular formula is C20H45NO6Si2. The van der Waals surface area contributed by atoms with Gasteiger partial charge in [-0.15, -0.1) is 0 Å². The van der Waals surface area contributed by atoms with Crippen LogP contribution in [0, 0.1) is 0 Å². The lowest BCUT2D eigenvalue weighted by molar-refractivity contribution is 0.0706. The van der Waals surface area contributed by atoms with Crippen LogP contribution in [0.1, 0.15) is 74.1 Å². The van der Waals surface area contributed by atoms with Crippen LogP contribution in [0.5, 0.6) is 0 Å². The smallest absolute Gasteiger partial charge is 0.374 e. The third-order valence-electron chi connectivity index (χ3n) is 4.28. The fraction of sp³-hybridized carbons (Fsp3) is 0.950. The summed E-state index contributed by atoms with van der Waals surface area (Å²) in [6, 6.07) is 0.875. The van der Waals surface area contributed by atoms with Gasteiger partial charge in [-0.05, 0) is 61.3 Å². The molecule has 0 fully saturated rings. The first-order valence-electron chi connectivity index (χ1n) is 11.3. The summed E-state index contributed by atoms with van der Waals surface area (Å²) in [7, 11) is -5.33. The van der Waals surface area contributed by atoms with Crippen LogP contribution >= 0.6 is 0 Å². The number of unbranched alkanes of at least 4 members (excludes halogenated alkanes) is 3. The third-order valence-corrected chi connectivity index (χ3v) is 10.5. The first-order chi connectivity index (χ1) is 14.0. The summed E-state index contributed by atoms with van der Waals surface area (Å²) < 4.78 is 35.4. The molecule has 0 aliphatic heterocycles. The van der Waals surface area contributed by atoms with Gasteiger partial charge >= 0.3 is 17.6 Å². The number of rotatable bonds is 20. The van der Waals surface area contributed by atoms with E-state index in [1.807, 2.05) is 48.5 Å². The van der Waals surface area contributed by atoms with E-state index in [2.05, 4.69) is 0 Å². The Balaban J connectivity index is 4.50. The van der Waals surface area contributed by atoms with Gasteiger partial charge in [-0.2, -0.15) is 0 Å². The summed E-state index contributed by atoms with van der Waals surface area (Å²) in [4.78, 5) is 4.73. The second-order valence-electron chi connectivity index (χ2n) is 6.47. The lowest BCUT2D eigenvalue weighted by Crippen LogP contribution is -2.53. The molecule has 9 heteroatoms. The Labute approximate surface area is 181 Å². The summed E-state index contributed by atoms with van der Waals surface area (Å²) in [5, 5.41) is 0.874. The summed E-state index contributed by atoms with van der Waals surface area (Å²) in [5.74, 6) is 0. The SMILES string of the molecule is CCO[Si](CCCCCCN=C(C)[Si](OCC)(OCC)OCC)(OCC)OCC. The molecule has 0 saturated carbocycles. The van der Waals surface area contributed by atoms with E-state index in [0.717, 1.165) is 43.6 Å². The van der Waals surface area contributed by atoms with E-state index in [1.54, 1.807) is 0 Å². The van der Waals surface area contributed by atoms with Crippen LogP contribution in [0.25, 0.3) is 0 Å². The second-order valence-corrected chi connectivity index (χ2v) is 11.9. The van der Waals surface area contributed by atoms with Gasteiger partial charge in [0.05, 0.1) is 5.33 Å². The predicted molar refractivity (Wildman–Crippen MR) is 123 cm³/mol. The standard InChI is InChI=1S/C20H45NO6Si2/c1-8-22-28(23-9-2,24-10-3)19-17-15-14-16-18-21-20(7)29(25-11-4,26-12-5)27-13-6/h8-19H2,1-7H3. The van der Waals surface area contributed by atoms with E-state index in [-0.39, 0.29) is 0 Å². The molecule has 7 nitrogen and oxygen atoms in total. The van der Waals surface area contributed by atoms with E-state index in [9.17, 15) is 0 Å². The number of hydrogen-bond acceptors (Lipinski definition) is 7. The van der Waals surface area contributed by atoms with Crippen molar-refractivity contribution in [3.63, 3.8) is 0 Å². The van der Waals surface area contributed by atoms with E-state index in [1.165, 1.54) is 0 Å². The minimum atomic E-state index is -2.82. The predicted octanol–water partition coefficient (Wildman–Crippen LogP) is 4.64. The number of aliphatic imine (C=N–C) groups is 1. The zero-order valence-corrected chi connectivity index (χ0v) is 21.9. The van der Waals surface area contributed by atoms with Crippen LogP contribution in [-0.4, -0.2) is 69.1 Å². The molecule has 0 heterocycles. The minimum absolute atomic E-state index is 0.560. The highest BCUT2D eigenvalue weighted by atomic mass is 28.4. The van der Waals surface area contributed by atoms with Crippen molar-refractivity contribution in [1.29, 1.82) is 0 Å². The van der Waals surface area contributed by atoms with Crippen molar-refractivity contribution in [2.45, 2.75) is 80.2 Å². The van der Waals surface area contributed by atoms with Gasteiger partial charge in [0.1, 0.15) is 0 Å². The van der Waals surface area contributed by atoms with Crippen molar-refractivity contribution < 1.29 is 26.6 Å². The molecule has 0 atom stereocenters. The second kappa shape index (κ2) is 17.5. The highest BCUT2D eigenvalue weighted by Gasteiger charge is 2.44. The Morgan fingerprint density at radius 1 is 0.586 bits per heavy atom. The van der Waals surface area contributed by atoms with Gasteiger partial charge in [0, 0.05) is 52.2 Å². The van der Waals surface area contributed by atoms with Crippen LogP contribution in [0.2, 0.25) is 6.04 Å². The molecule has 0 N–H and O–H groups in total. The van der Waals surface area contributed by atoms with E-state index in [0.29, 0.717) is 39.6 Å². The molecule has 174 valence electrons. The largest absolute Gasteiger partial charge is 0.551 e. The molecule has 0 aromatic heterocycles. The normalized spacial score (nSPS) is 13.3. The first kappa shape index (κ1) is 28.9. The Kier molecular flexibility index (Phi) is 17.5. The Bertz CT molecular complexity index is 392. The molecule has 0 bridgehead atoms. The van der Waals surface area contributed by atoms with Gasteiger partial charge in [0.2, 0.25) is 0 Å². The fourth-order valence-electron chi connectivity index (χ4n) is 3.16. The van der Waals surface area contributed by atoms with Crippen molar-refractivity contribution in [3.8, 4) is 0 Å². The van der Waals surface area contributed by atoms with Crippen LogP contribution in [0.4, 0.5) is 0 Å². The van der Waals surface area contributed by atoms with Crippen LogP contribution in [0.3, 0.4) is 0 Å². The highest BCUT2D eigenvalue weighted by molar-refractivity contribution is 6.93. The summed E-state index contributed by atoms with van der Waals surface area (Å²) in [6.07, 6.45) is 4.29. The maximum absolute atomic E-state index is 5.91. The number of hydrogen-bond donors (Lipinski definition) is 0. The third kappa shape index (κ3) is 11.2. The molecule has 0 rings (SSSR count). The van der Waals surface area contributed by atoms with Gasteiger partial charge < -0.3 is 26.6 Å². The fourth-order valence-corrected chi connectivity index (χ4v) is 8.17. The number of nitrogens with zero attached hydrogens (tertiary/aromatic N) is 1. The van der Waals surface area contributed by atoms with Crippen molar-refractivity contribution >= 4 is 22.9 Å². The molecule has 0 saturated heterocycles. The summed E-state index contributed by atoms with van der Waals surface area (Å²) in [5.41, 5.74) is 0. The maximum Gasteiger partial charge on any atom is 0.551 e. The van der Waals surface area contributed by atoms with E-state index in [4.69, 9.17) is 31.5 Å². The van der Waals surface area contributed by atoms with E-state index >= 15 is 0 Å². The van der Waals surface area contributed by atoms with Gasteiger partial charge in [0.25, 0.3) is 0 Å². The lowest BCUT2D eigenvalue weighted by atomic mass is 10.2. The molecule has 0 aromatic rings. The van der Waals surface area contributed by atoms with Gasteiger partial charge in [-0.3, -0.25) is 4.99 Å². The molecule has 0 radical (unpaired) electrons. The zero-order valence-electron chi connectivity index (χ0n) is 19.9. The molecule has 0 aliphatic carbocycles. The van der Waals surface area contributed by atoms with E-state index < -0.39 is 17.6 Å². The van der Waals surface area contributed by atoms with Gasteiger partial charge in [-0.1, -0.05) is 12.8 Å². The molecule has 0 spiro atoms. The quantitative estimate of drug-likeness (QED) is 0.153. The molecular weight excluding hydrogens is 406 g/mol. The van der Waals surface area contributed by atoms with Crippen LogP contribution in [-0.2, 0) is 26.6 Å².